The maximum Gasteiger partial charge on any atom is 0.160 e. The van der Waals surface area contributed by atoms with Crippen LogP contribution in [0.5, 0.6) is 0 Å². The van der Waals surface area contributed by atoms with Crippen LogP contribution in [0.1, 0.15) is 35.3 Å². The van der Waals surface area contributed by atoms with Gasteiger partial charge in [-0.05, 0) is 69.1 Å². The Bertz CT molecular complexity index is 1070. The largest absolute Gasteiger partial charge is 0.298 e. The van der Waals surface area contributed by atoms with Crippen LogP contribution in [0.25, 0.3) is 10.9 Å². The van der Waals surface area contributed by atoms with E-state index < -0.39 is 11.6 Å². The van der Waals surface area contributed by atoms with E-state index in [-0.39, 0.29) is 6.04 Å². The van der Waals surface area contributed by atoms with Crippen LogP contribution in [0.15, 0.2) is 36.4 Å². The first kappa shape index (κ1) is 16.8. The van der Waals surface area contributed by atoms with Crippen LogP contribution in [0.3, 0.4) is 0 Å². The summed E-state index contributed by atoms with van der Waals surface area (Å²) in [5.74, 6) is 1.26. The first-order valence-electron chi connectivity index (χ1n) is 8.77. The van der Waals surface area contributed by atoms with Crippen molar-refractivity contribution in [3.8, 4) is 12.0 Å². The second kappa shape index (κ2) is 6.26. The van der Waals surface area contributed by atoms with Crippen molar-refractivity contribution in [2.75, 3.05) is 13.6 Å². The molecule has 1 unspecified atom stereocenters. The predicted molar refractivity (Wildman–Crippen MR) is 100 cm³/mol. The van der Waals surface area contributed by atoms with Crippen LogP contribution in [0.2, 0.25) is 0 Å². The fourth-order valence-electron chi connectivity index (χ4n) is 3.70. The van der Waals surface area contributed by atoms with Crippen molar-refractivity contribution in [1.82, 2.24) is 9.47 Å². The van der Waals surface area contributed by atoms with Gasteiger partial charge >= 0.3 is 0 Å². The summed E-state index contributed by atoms with van der Waals surface area (Å²) < 4.78 is 28.6. The van der Waals surface area contributed by atoms with Crippen molar-refractivity contribution in [2.45, 2.75) is 26.3 Å². The Kier molecular flexibility index (Phi) is 4.05. The summed E-state index contributed by atoms with van der Waals surface area (Å²) in [4.78, 5) is 2.31. The molecule has 2 heterocycles. The second-order valence-corrected chi connectivity index (χ2v) is 6.99. The zero-order valence-corrected chi connectivity index (χ0v) is 15.1. The SMILES string of the molecule is Cc1ccc2c(c1)c1c(n2C#Cc2ccc(F)c(F)c2)C(C)N(C)CC1. The zero-order chi connectivity index (χ0) is 18.4. The molecule has 0 saturated heterocycles. The molecule has 2 nitrogen and oxygen atoms in total. The molecule has 1 aromatic heterocycles. The van der Waals surface area contributed by atoms with Crippen LogP contribution < -0.4 is 0 Å². The van der Waals surface area contributed by atoms with Crippen molar-refractivity contribution < 1.29 is 8.78 Å². The minimum absolute atomic E-state index is 0.241. The van der Waals surface area contributed by atoms with E-state index in [0.717, 1.165) is 30.6 Å². The average molecular weight is 350 g/mol. The highest BCUT2D eigenvalue weighted by molar-refractivity contribution is 5.87. The van der Waals surface area contributed by atoms with Gasteiger partial charge < -0.3 is 0 Å². The van der Waals surface area contributed by atoms with Gasteiger partial charge in [0.05, 0.1) is 11.2 Å². The first-order valence-corrected chi connectivity index (χ1v) is 8.77. The third-order valence-electron chi connectivity index (χ3n) is 5.27. The van der Waals surface area contributed by atoms with E-state index in [1.807, 2.05) is 4.57 Å². The molecule has 4 heteroatoms. The van der Waals surface area contributed by atoms with Gasteiger partial charge in [-0.25, -0.2) is 8.78 Å². The number of aryl methyl sites for hydroxylation is 1. The van der Waals surface area contributed by atoms with Crippen molar-refractivity contribution in [2.24, 2.45) is 0 Å². The number of fused-ring (bicyclic) bond motifs is 3. The molecule has 0 aliphatic carbocycles. The maximum atomic E-state index is 13.5. The number of hydrogen-bond acceptors (Lipinski definition) is 1. The molecule has 0 amide bonds. The Labute approximate surface area is 152 Å². The van der Waals surface area contributed by atoms with Gasteiger partial charge in [-0.3, -0.25) is 9.47 Å². The molecule has 1 atom stereocenters. The zero-order valence-electron chi connectivity index (χ0n) is 15.1. The minimum atomic E-state index is -0.875. The van der Waals surface area contributed by atoms with E-state index >= 15 is 0 Å². The van der Waals surface area contributed by atoms with Gasteiger partial charge in [0.15, 0.2) is 11.6 Å². The van der Waals surface area contributed by atoms with Gasteiger partial charge in [0.2, 0.25) is 0 Å². The van der Waals surface area contributed by atoms with Crippen LogP contribution in [0.4, 0.5) is 8.78 Å². The molecule has 26 heavy (non-hydrogen) atoms. The highest BCUT2D eigenvalue weighted by Crippen LogP contribution is 2.36. The number of hydrogen-bond donors (Lipinski definition) is 0. The summed E-state index contributed by atoms with van der Waals surface area (Å²) in [7, 11) is 2.11. The Hall–Kier alpha value is -2.64. The number of nitrogens with zero attached hydrogens (tertiary/aromatic N) is 2. The molecule has 0 N–H and O–H groups in total. The molecule has 0 fully saturated rings. The summed E-state index contributed by atoms with van der Waals surface area (Å²) in [5, 5.41) is 1.24. The van der Waals surface area contributed by atoms with Crippen molar-refractivity contribution in [3.63, 3.8) is 0 Å². The van der Waals surface area contributed by atoms with Crippen molar-refractivity contribution in [3.05, 3.63) is 70.4 Å². The summed E-state index contributed by atoms with van der Waals surface area (Å²) in [6.07, 6.45) is 0.982. The van der Waals surface area contributed by atoms with E-state index in [4.69, 9.17) is 0 Å². The summed E-state index contributed by atoms with van der Waals surface area (Å²) in [6.45, 7) is 5.28. The normalized spacial score (nSPS) is 17.0. The fourth-order valence-corrected chi connectivity index (χ4v) is 3.70. The number of rotatable bonds is 0. The lowest BCUT2D eigenvalue weighted by molar-refractivity contribution is 0.242. The molecule has 0 bridgehead atoms. The van der Waals surface area contributed by atoms with Gasteiger partial charge in [-0.15, -0.1) is 0 Å². The topological polar surface area (TPSA) is 8.17 Å². The molecule has 3 aromatic rings. The smallest absolute Gasteiger partial charge is 0.160 e. The highest BCUT2D eigenvalue weighted by atomic mass is 19.2. The molecular weight excluding hydrogens is 330 g/mol. The van der Waals surface area contributed by atoms with Crippen molar-refractivity contribution >= 4 is 10.9 Å². The van der Waals surface area contributed by atoms with Gasteiger partial charge in [0, 0.05) is 29.6 Å². The van der Waals surface area contributed by atoms with Crippen LogP contribution in [0, 0.1) is 30.5 Å². The Morgan fingerprint density at radius 3 is 2.65 bits per heavy atom. The monoisotopic (exact) mass is 350 g/mol. The average Bonchev–Trinajstić information content (AvgIpc) is 2.92. The number of likely N-dealkylation sites (N-methyl/N-ethyl adjacent to an activating group) is 1. The van der Waals surface area contributed by atoms with Gasteiger partial charge in [0.25, 0.3) is 0 Å². The Morgan fingerprint density at radius 1 is 1.08 bits per heavy atom. The lowest BCUT2D eigenvalue weighted by atomic mass is 9.98. The van der Waals surface area contributed by atoms with Crippen LogP contribution >= 0.6 is 0 Å². The molecule has 2 aromatic carbocycles. The van der Waals surface area contributed by atoms with E-state index in [9.17, 15) is 8.78 Å². The molecule has 0 radical (unpaired) electrons. The Balaban J connectivity index is 1.92. The number of benzene rings is 2. The van der Waals surface area contributed by atoms with Gasteiger partial charge in [-0.2, -0.15) is 0 Å². The lowest BCUT2D eigenvalue weighted by Gasteiger charge is -2.30. The summed E-state index contributed by atoms with van der Waals surface area (Å²) >= 11 is 0. The number of halogens is 2. The minimum Gasteiger partial charge on any atom is -0.298 e. The highest BCUT2D eigenvalue weighted by Gasteiger charge is 2.27. The summed E-state index contributed by atoms with van der Waals surface area (Å²) in [6, 6.07) is 13.6. The van der Waals surface area contributed by atoms with Gasteiger partial charge in [-0.1, -0.05) is 11.6 Å². The van der Waals surface area contributed by atoms with Crippen LogP contribution in [-0.2, 0) is 6.42 Å². The lowest BCUT2D eigenvalue weighted by Crippen LogP contribution is -2.31. The molecular formula is C22H20F2N2. The third kappa shape index (κ3) is 2.69. The third-order valence-corrected chi connectivity index (χ3v) is 5.27. The predicted octanol–water partition coefficient (Wildman–Crippen LogP) is 4.63. The quantitative estimate of drug-likeness (QED) is 0.537. The summed E-state index contributed by atoms with van der Waals surface area (Å²) in [5.41, 5.74) is 5.28. The van der Waals surface area contributed by atoms with E-state index in [0.29, 0.717) is 5.56 Å². The molecule has 0 spiro atoms. The fraction of sp³-hybridized carbons (Fsp3) is 0.273. The van der Waals surface area contributed by atoms with E-state index in [1.54, 1.807) is 0 Å². The molecule has 4 rings (SSSR count). The van der Waals surface area contributed by atoms with E-state index in [1.165, 1.54) is 28.3 Å². The Morgan fingerprint density at radius 2 is 1.88 bits per heavy atom. The second-order valence-electron chi connectivity index (χ2n) is 6.99. The standard InChI is InChI=1S/C22H20F2N2/c1-14-4-7-21-18(12-14)17-9-10-25(3)15(2)22(17)26(21)11-8-16-5-6-19(23)20(24)13-16/h4-7,12-13,15H,9-10H2,1-3H3. The molecule has 1 aliphatic heterocycles. The molecule has 132 valence electrons. The first-order chi connectivity index (χ1) is 12.5. The molecule has 1 aliphatic rings. The number of aromatic nitrogens is 1. The van der Waals surface area contributed by atoms with Crippen LogP contribution in [-0.4, -0.2) is 23.1 Å². The van der Waals surface area contributed by atoms with Gasteiger partial charge in [0.1, 0.15) is 0 Å². The maximum absolute atomic E-state index is 13.5. The van der Waals surface area contributed by atoms with E-state index in [2.05, 4.69) is 56.0 Å². The van der Waals surface area contributed by atoms with Crippen molar-refractivity contribution in [1.29, 1.82) is 0 Å². The molecule has 0 saturated carbocycles.